The van der Waals surface area contributed by atoms with Gasteiger partial charge in [-0.3, -0.25) is 0 Å². The third kappa shape index (κ3) is 11.5. The fourth-order valence-corrected chi connectivity index (χ4v) is 0.572. The van der Waals surface area contributed by atoms with Gasteiger partial charge < -0.3 is 0 Å². The Hall–Kier alpha value is 0.0200. The second-order valence-corrected chi connectivity index (χ2v) is 2.16. The van der Waals surface area contributed by atoms with E-state index in [1.165, 1.54) is 0 Å². The predicted octanol–water partition coefficient (Wildman–Crippen LogP) is 2.09. The minimum absolute atomic E-state index is 0. The Kier molecular flexibility index (Phi) is 10.5. The summed E-state index contributed by atoms with van der Waals surface area (Å²) in [4.78, 5) is 8.07. The molecule has 3 nitrogen and oxygen atoms in total. The Morgan fingerprint density at radius 2 is 2.22 bits per heavy atom. The Bertz CT molecular complexity index is 74.6. The molecule has 0 amide bonds. The molecule has 0 heterocycles. The normalized spacial score (nSPS) is 10.2. The average molecular weight is 153 g/mol. The van der Waals surface area contributed by atoms with Gasteiger partial charge in [0.2, 0.25) is 0 Å². The second kappa shape index (κ2) is 8.02. The highest BCUT2D eigenvalue weighted by Gasteiger charge is 2.08. The van der Waals surface area contributed by atoms with Gasteiger partial charge in [0.15, 0.2) is 0 Å². The quantitative estimate of drug-likeness (QED) is 0.496. The number of hydrogen-bond donors (Lipinski definition) is 1. The van der Waals surface area contributed by atoms with Gasteiger partial charge in [-0.2, -0.15) is 0 Å². The monoisotopic (exact) mass is 153 g/mol. The Morgan fingerprint density at radius 3 is 2.56 bits per heavy atom. The van der Waals surface area contributed by atoms with Gasteiger partial charge in [-0.15, -0.1) is 9.42 Å². The highest BCUT2D eigenvalue weighted by atomic mass is 31.1. The molecule has 0 bridgehead atoms. The van der Waals surface area contributed by atoms with Crippen molar-refractivity contribution in [3.8, 4) is 0 Å². The number of hydrogen-bond acceptors (Lipinski definition) is 2. The van der Waals surface area contributed by atoms with E-state index in [4.69, 9.17) is 4.89 Å². The SMILES string of the molecule is C.CCCCO[P+](=O)O. The molecule has 0 saturated carbocycles. The van der Waals surface area contributed by atoms with Crippen LogP contribution >= 0.6 is 8.25 Å². The molecule has 0 fully saturated rings. The molecule has 1 N–H and O–H groups in total. The van der Waals surface area contributed by atoms with Crippen molar-refractivity contribution in [2.75, 3.05) is 6.61 Å². The van der Waals surface area contributed by atoms with E-state index in [9.17, 15) is 4.57 Å². The second-order valence-electron chi connectivity index (χ2n) is 1.42. The maximum Gasteiger partial charge on any atom is 0.694 e. The molecule has 0 radical (unpaired) electrons. The van der Waals surface area contributed by atoms with E-state index in [0.29, 0.717) is 6.61 Å². The Morgan fingerprint density at radius 1 is 1.67 bits per heavy atom. The van der Waals surface area contributed by atoms with Crippen molar-refractivity contribution in [2.45, 2.75) is 27.2 Å². The van der Waals surface area contributed by atoms with E-state index in [1.807, 2.05) is 6.92 Å². The van der Waals surface area contributed by atoms with Crippen LogP contribution in [0.1, 0.15) is 27.2 Å². The molecule has 4 heteroatoms. The molecule has 0 aliphatic rings. The summed E-state index contributed by atoms with van der Waals surface area (Å²) < 4.78 is 14.1. The lowest BCUT2D eigenvalue weighted by Gasteiger charge is -1.83. The molecule has 0 spiro atoms. The van der Waals surface area contributed by atoms with Gasteiger partial charge in [0.05, 0.1) is 0 Å². The van der Waals surface area contributed by atoms with Crippen LogP contribution in [0.5, 0.6) is 0 Å². The van der Waals surface area contributed by atoms with Crippen LogP contribution in [0.25, 0.3) is 0 Å². The fourth-order valence-electron chi connectivity index (χ4n) is 0.287. The van der Waals surface area contributed by atoms with Crippen molar-refractivity contribution in [1.29, 1.82) is 0 Å². The zero-order chi connectivity index (χ0) is 6.41. The summed E-state index contributed by atoms with van der Waals surface area (Å²) in [6.45, 7) is 2.38. The maximum atomic E-state index is 9.80. The highest BCUT2D eigenvalue weighted by Crippen LogP contribution is 2.14. The Labute approximate surface area is 57.0 Å². The first-order chi connectivity index (χ1) is 3.77. The van der Waals surface area contributed by atoms with Gasteiger partial charge >= 0.3 is 8.25 Å². The van der Waals surface area contributed by atoms with Gasteiger partial charge in [-0.25, -0.2) is 0 Å². The molecule has 0 aliphatic heterocycles. The molecule has 0 aliphatic carbocycles. The molecule has 9 heavy (non-hydrogen) atoms. The van der Waals surface area contributed by atoms with Crippen LogP contribution in [0, 0.1) is 0 Å². The Balaban J connectivity index is 0. The van der Waals surface area contributed by atoms with E-state index in [-0.39, 0.29) is 7.43 Å². The average Bonchev–Trinajstić information content (AvgIpc) is 1.66. The summed E-state index contributed by atoms with van der Waals surface area (Å²) in [5, 5.41) is 0. The largest absolute Gasteiger partial charge is 0.694 e. The molecular weight excluding hydrogens is 139 g/mol. The smallest absolute Gasteiger partial charge is 0.133 e. The third-order valence-corrected chi connectivity index (χ3v) is 1.10. The molecule has 0 aromatic carbocycles. The molecular formula is C5H14O3P+. The summed E-state index contributed by atoms with van der Waals surface area (Å²) in [5.74, 6) is 0. The van der Waals surface area contributed by atoms with Gasteiger partial charge in [-0.05, 0) is 6.42 Å². The first-order valence-electron chi connectivity index (χ1n) is 2.56. The van der Waals surface area contributed by atoms with E-state index >= 15 is 0 Å². The summed E-state index contributed by atoms with van der Waals surface area (Å²) in [6, 6.07) is 0. The minimum atomic E-state index is -2.36. The van der Waals surface area contributed by atoms with Crippen LogP contribution in [-0.4, -0.2) is 11.5 Å². The number of rotatable bonds is 4. The minimum Gasteiger partial charge on any atom is -0.133 e. The van der Waals surface area contributed by atoms with E-state index < -0.39 is 8.25 Å². The van der Waals surface area contributed by atoms with E-state index in [0.717, 1.165) is 12.8 Å². The topological polar surface area (TPSA) is 46.5 Å². The van der Waals surface area contributed by atoms with E-state index in [1.54, 1.807) is 0 Å². The molecule has 0 aromatic heterocycles. The summed E-state index contributed by atoms with van der Waals surface area (Å²) in [5.41, 5.74) is 0. The standard InChI is InChI=1S/C4H9O3P.CH4/c1-2-3-4-7-8(5)6;/h2-4H2,1H3;1H4/p+1. The van der Waals surface area contributed by atoms with Crippen LogP contribution in [0.4, 0.5) is 0 Å². The maximum absolute atomic E-state index is 9.80. The molecule has 56 valence electrons. The van der Waals surface area contributed by atoms with Crippen molar-refractivity contribution in [3.63, 3.8) is 0 Å². The number of unbranched alkanes of at least 4 members (excludes halogenated alkanes) is 1. The molecule has 1 unspecified atom stereocenters. The first-order valence-corrected chi connectivity index (χ1v) is 3.69. The molecule has 0 saturated heterocycles. The molecule has 0 aromatic rings. The van der Waals surface area contributed by atoms with Crippen LogP contribution in [0.3, 0.4) is 0 Å². The van der Waals surface area contributed by atoms with Crippen molar-refractivity contribution in [1.82, 2.24) is 0 Å². The summed E-state index contributed by atoms with van der Waals surface area (Å²) >= 11 is 0. The van der Waals surface area contributed by atoms with Crippen LogP contribution in [-0.2, 0) is 9.09 Å². The first kappa shape index (κ1) is 11.8. The lowest BCUT2D eigenvalue weighted by atomic mass is 10.4. The zero-order valence-electron chi connectivity index (χ0n) is 4.83. The van der Waals surface area contributed by atoms with Gasteiger partial charge in [-0.1, -0.05) is 20.8 Å². The van der Waals surface area contributed by atoms with Crippen molar-refractivity contribution < 1.29 is 14.0 Å². The zero-order valence-corrected chi connectivity index (χ0v) is 5.73. The lowest BCUT2D eigenvalue weighted by molar-refractivity contribution is 0.276. The summed E-state index contributed by atoms with van der Waals surface area (Å²) in [7, 11) is -2.36. The van der Waals surface area contributed by atoms with Crippen LogP contribution < -0.4 is 0 Å². The van der Waals surface area contributed by atoms with Gasteiger partial charge in [0.1, 0.15) is 6.61 Å². The lowest BCUT2D eigenvalue weighted by Crippen LogP contribution is -1.82. The highest BCUT2D eigenvalue weighted by molar-refractivity contribution is 7.32. The van der Waals surface area contributed by atoms with Gasteiger partial charge in [0.25, 0.3) is 0 Å². The van der Waals surface area contributed by atoms with Crippen molar-refractivity contribution in [2.24, 2.45) is 0 Å². The molecule has 0 rings (SSSR count). The summed E-state index contributed by atoms with van der Waals surface area (Å²) in [6.07, 6.45) is 1.84. The van der Waals surface area contributed by atoms with Crippen molar-refractivity contribution >= 4 is 8.25 Å². The predicted molar refractivity (Wildman–Crippen MR) is 37.4 cm³/mol. The van der Waals surface area contributed by atoms with Crippen LogP contribution in [0.2, 0.25) is 0 Å². The fraction of sp³-hybridized carbons (Fsp3) is 1.00. The van der Waals surface area contributed by atoms with Crippen molar-refractivity contribution in [3.05, 3.63) is 0 Å². The molecule has 1 atom stereocenters. The van der Waals surface area contributed by atoms with Gasteiger partial charge in [0, 0.05) is 4.57 Å². The van der Waals surface area contributed by atoms with E-state index in [2.05, 4.69) is 4.52 Å². The third-order valence-electron chi connectivity index (χ3n) is 0.700. The van der Waals surface area contributed by atoms with Crippen LogP contribution in [0.15, 0.2) is 0 Å².